The lowest BCUT2D eigenvalue weighted by molar-refractivity contribution is -0.119. The molecule has 1 heteroatoms. The highest BCUT2D eigenvalue weighted by Gasteiger charge is 2.38. The lowest BCUT2D eigenvalue weighted by atomic mass is 9.63. The highest BCUT2D eigenvalue weighted by molar-refractivity contribution is 5.96. The van der Waals surface area contributed by atoms with Crippen LogP contribution in [0.25, 0.3) is 0 Å². The monoisotopic (exact) mass is 234 g/mol. The average Bonchev–Trinajstić information content (AvgIpc) is 2.35. The normalized spacial score (nSPS) is 36.0. The van der Waals surface area contributed by atoms with Crippen LogP contribution in [0.5, 0.6) is 0 Å². The highest BCUT2D eigenvalue weighted by atomic mass is 16.1. The first-order chi connectivity index (χ1) is 8.26. The zero-order valence-electron chi connectivity index (χ0n) is 11.4. The van der Waals surface area contributed by atoms with Gasteiger partial charge in [-0.15, -0.1) is 0 Å². The minimum Gasteiger partial charge on any atom is -0.295 e. The fourth-order valence-electron chi connectivity index (χ4n) is 3.88. The number of ketones is 1. The van der Waals surface area contributed by atoms with E-state index < -0.39 is 0 Å². The summed E-state index contributed by atoms with van der Waals surface area (Å²) in [5, 5.41) is 0. The van der Waals surface area contributed by atoms with Crippen LogP contribution < -0.4 is 0 Å². The van der Waals surface area contributed by atoms with Gasteiger partial charge >= 0.3 is 0 Å². The molecule has 2 rings (SSSR count). The van der Waals surface area contributed by atoms with E-state index in [0.717, 1.165) is 30.3 Å². The zero-order valence-corrected chi connectivity index (χ0v) is 11.4. The Morgan fingerprint density at radius 2 is 2.12 bits per heavy atom. The molecule has 0 aliphatic heterocycles. The van der Waals surface area contributed by atoms with E-state index in [1.807, 2.05) is 6.92 Å². The largest absolute Gasteiger partial charge is 0.295 e. The van der Waals surface area contributed by atoms with Crippen LogP contribution in [0.2, 0.25) is 0 Å². The number of Topliss-reactive ketones (excluding diaryl/α,β-unsaturated/α-hetero) is 1. The summed E-state index contributed by atoms with van der Waals surface area (Å²) >= 11 is 0. The molecule has 1 nitrogen and oxygen atoms in total. The third-order valence-corrected chi connectivity index (χ3v) is 4.90. The summed E-state index contributed by atoms with van der Waals surface area (Å²) < 4.78 is 0. The Morgan fingerprint density at radius 3 is 2.82 bits per heavy atom. The summed E-state index contributed by atoms with van der Waals surface area (Å²) in [6.45, 7) is 4.31. The fraction of sp³-hybridized carbons (Fsp3) is 0.812. The summed E-state index contributed by atoms with van der Waals surface area (Å²) in [7, 11) is 0. The quantitative estimate of drug-likeness (QED) is 0.656. The van der Waals surface area contributed by atoms with Crippen molar-refractivity contribution < 1.29 is 4.79 Å². The van der Waals surface area contributed by atoms with E-state index in [1.165, 1.54) is 38.5 Å². The maximum atomic E-state index is 11.9. The molecule has 0 bridgehead atoms. The molecular formula is C16H26O. The lowest BCUT2D eigenvalue weighted by Gasteiger charge is -2.41. The Morgan fingerprint density at radius 1 is 1.29 bits per heavy atom. The van der Waals surface area contributed by atoms with Crippen molar-refractivity contribution in [1.82, 2.24) is 0 Å². The summed E-state index contributed by atoms with van der Waals surface area (Å²) in [5.41, 5.74) is 1.12. The van der Waals surface area contributed by atoms with E-state index >= 15 is 0 Å². The van der Waals surface area contributed by atoms with Crippen molar-refractivity contribution in [2.75, 3.05) is 0 Å². The Hall–Kier alpha value is -0.590. The van der Waals surface area contributed by atoms with Gasteiger partial charge in [0.05, 0.1) is 0 Å². The van der Waals surface area contributed by atoms with Crippen molar-refractivity contribution in [2.45, 2.75) is 65.2 Å². The van der Waals surface area contributed by atoms with Crippen molar-refractivity contribution in [3.63, 3.8) is 0 Å². The molecule has 2 fully saturated rings. The van der Waals surface area contributed by atoms with Crippen LogP contribution >= 0.6 is 0 Å². The molecule has 0 aromatic heterocycles. The van der Waals surface area contributed by atoms with Crippen LogP contribution in [0.15, 0.2) is 11.6 Å². The van der Waals surface area contributed by atoms with Crippen molar-refractivity contribution in [3.05, 3.63) is 11.6 Å². The van der Waals surface area contributed by atoms with Crippen molar-refractivity contribution in [1.29, 1.82) is 0 Å². The molecule has 0 radical (unpaired) electrons. The van der Waals surface area contributed by atoms with Crippen LogP contribution in [0.3, 0.4) is 0 Å². The third-order valence-electron chi connectivity index (χ3n) is 4.90. The average molecular weight is 234 g/mol. The van der Waals surface area contributed by atoms with E-state index in [0.29, 0.717) is 11.7 Å². The van der Waals surface area contributed by atoms with Gasteiger partial charge in [-0.25, -0.2) is 0 Å². The predicted molar refractivity (Wildman–Crippen MR) is 71.8 cm³/mol. The topological polar surface area (TPSA) is 17.1 Å². The summed E-state index contributed by atoms with van der Waals surface area (Å²) in [6, 6.07) is 0. The molecule has 2 saturated carbocycles. The molecule has 0 heterocycles. The van der Waals surface area contributed by atoms with E-state index in [-0.39, 0.29) is 0 Å². The first kappa shape index (κ1) is 12.9. The first-order valence-electron chi connectivity index (χ1n) is 7.44. The molecular weight excluding hydrogens is 208 g/mol. The Balaban J connectivity index is 2.04. The third kappa shape index (κ3) is 2.81. The number of hydrogen-bond donors (Lipinski definition) is 0. The Kier molecular flexibility index (Phi) is 4.42. The number of carbonyl (C=O) groups is 1. The van der Waals surface area contributed by atoms with Gasteiger partial charge < -0.3 is 0 Å². The number of fused-ring (bicyclic) bond motifs is 1. The molecule has 96 valence electrons. The molecule has 0 aromatic rings. The van der Waals surface area contributed by atoms with Gasteiger partial charge in [0, 0.05) is 6.42 Å². The van der Waals surface area contributed by atoms with E-state index in [4.69, 9.17) is 0 Å². The number of allylic oxidation sites excluding steroid dienone is 2. The molecule has 2 aliphatic rings. The number of rotatable bonds is 3. The fourth-order valence-corrected chi connectivity index (χ4v) is 3.88. The minimum absolute atomic E-state index is 0.435. The van der Waals surface area contributed by atoms with E-state index in [9.17, 15) is 4.79 Å². The second kappa shape index (κ2) is 5.84. The lowest BCUT2D eigenvalue weighted by Crippen LogP contribution is -2.35. The van der Waals surface area contributed by atoms with Crippen LogP contribution in [0.1, 0.15) is 65.2 Å². The van der Waals surface area contributed by atoms with Crippen LogP contribution in [0.4, 0.5) is 0 Å². The van der Waals surface area contributed by atoms with Gasteiger partial charge in [0.15, 0.2) is 5.78 Å². The Bertz CT molecular complexity index is 303. The predicted octanol–water partition coefficient (Wildman–Crippen LogP) is 4.52. The van der Waals surface area contributed by atoms with Gasteiger partial charge in [0.25, 0.3) is 0 Å². The van der Waals surface area contributed by atoms with Gasteiger partial charge in [-0.2, -0.15) is 0 Å². The molecule has 2 aliphatic carbocycles. The SMILES string of the molecule is C/C=C1\CC2C(CCCC)CCCC2CC1=O. The van der Waals surface area contributed by atoms with Gasteiger partial charge in [-0.3, -0.25) is 4.79 Å². The van der Waals surface area contributed by atoms with Crippen LogP contribution in [-0.4, -0.2) is 5.78 Å². The Labute approximate surface area is 106 Å². The van der Waals surface area contributed by atoms with Crippen molar-refractivity contribution in [3.8, 4) is 0 Å². The maximum Gasteiger partial charge on any atom is 0.158 e. The molecule has 0 saturated heterocycles. The smallest absolute Gasteiger partial charge is 0.158 e. The summed E-state index contributed by atoms with van der Waals surface area (Å²) in [6.07, 6.45) is 12.1. The molecule has 3 unspecified atom stereocenters. The molecule has 17 heavy (non-hydrogen) atoms. The maximum absolute atomic E-state index is 11.9. The highest BCUT2D eigenvalue weighted by Crippen LogP contribution is 2.45. The second-order valence-corrected chi connectivity index (χ2v) is 5.90. The molecule has 3 atom stereocenters. The van der Waals surface area contributed by atoms with Crippen molar-refractivity contribution in [2.24, 2.45) is 17.8 Å². The summed E-state index contributed by atoms with van der Waals surface area (Å²) in [4.78, 5) is 11.9. The van der Waals surface area contributed by atoms with Gasteiger partial charge in [0.1, 0.15) is 0 Å². The van der Waals surface area contributed by atoms with E-state index in [1.54, 1.807) is 0 Å². The van der Waals surface area contributed by atoms with Gasteiger partial charge in [-0.1, -0.05) is 45.1 Å². The minimum atomic E-state index is 0.435. The number of carbonyl (C=O) groups excluding carboxylic acids is 1. The standard InChI is InChI=1S/C16H26O/c1-3-5-7-13-8-6-9-14-11-16(17)12(4-2)10-15(13)14/h4,13-15H,3,5-11H2,1-2H3/b12-4+. The second-order valence-electron chi connectivity index (χ2n) is 5.90. The van der Waals surface area contributed by atoms with E-state index in [2.05, 4.69) is 13.0 Å². The molecule has 0 N–H and O–H groups in total. The van der Waals surface area contributed by atoms with Gasteiger partial charge in [-0.05, 0) is 43.1 Å². The molecule has 0 amide bonds. The zero-order chi connectivity index (χ0) is 12.3. The van der Waals surface area contributed by atoms with Crippen LogP contribution in [0, 0.1) is 17.8 Å². The van der Waals surface area contributed by atoms with Crippen molar-refractivity contribution >= 4 is 5.78 Å². The van der Waals surface area contributed by atoms with Gasteiger partial charge in [0.2, 0.25) is 0 Å². The molecule has 0 spiro atoms. The number of hydrogen-bond acceptors (Lipinski definition) is 1. The molecule has 0 aromatic carbocycles. The van der Waals surface area contributed by atoms with Crippen LogP contribution in [-0.2, 0) is 4.79 Å². The number of unbranched alkanes of at least 4 members (excludes halogenated alkanes) is 1. The summed E-state index contributed by atoms with van der Waals surface area (Å²) in [5.74, 6) is 2.86. The first-order valence-corrected chi connectivity index (χ1v) is 7.44.